The Hall–Kier alpha value is -1.94. The standard InChI is InChI=1S/C16H16O3S/c1-11(16(18)19-2)9-10-20-15-8-7-14(17)12-5-3-4-6-13(12)15/h3-9,17H,10H2,1-2H3/b11-9+. The van der Waals surface area contributed by atoms with E-state index in [-0.39, 0.29) is 11.7 Å². The fourth-order valence-corrected chi connectivity index (χ4v) is 2.89. The molecule has 0 heterocycles. The minimum absolute atomic E-state index is 0.284. The second kappa shape index (κ2) is 6.48. The smallest absolute Gasteiger partial charge is 0.333 e. The molecule has 4 heteroatoms. The van der Waals surface area contributed by atoms with E-state index in [0.29, 0.717) is 11.3 Å². The number of benzene rings is 2. The molecule has 0 amide bonds. The van der Waals surface area contributed by atoms with E-state index >= 15 is 0 Å². The van der Waals surface area contributed by atoms with Crippen LogP contribution in [0.5, 0.6) is 5.75 Å². The lowest BCUT2D eigenvalue weighted by Gasteiger charge is -2.07. The van der Waals surface area contributed by atoms with Gasteiger partial charge in [0.25, 0.3) is 0 Å². The molecule has 0 aromatic heterocycles. The third kappa shape index (κ3) is 3.14. The maximum atomic E-state index is 11.3. The molecule has 0 fully saturated rings. The average molecular weight is 288 g/mol. The van der Waals surface area contributed by atoms with E-state index in [1.165, 1.54) is 7.11 Å². The van der Waals surface area contributed by atoms with Crippen molar-refractivity contribution in [2.45, 2.75) is 11.8 Å². The maximum absolute atomic E-state index is 11.3. The number of fused-ring (bicyclic) bond motifs is 1. The molecule has 0 unspecified atom stereocenters. The van der Waals surface area contributed by atoms with Gasteiger partial charge in [-0.1, -0.05) is 30.3 Å². The van der Waals surface area contributed by atoms with Crippen LogP contribution in [0.3, 0.4) is 0 Å². The SMILES string of the molecule is COC(=O)/C(C)=C/CSc1ccc(O)c2ccccc12. The van der Waals surface area contributed by atoms with Crippen LogP contribution in [0.2, 0.25) is 0 Å². The summed E-state index contributed by atoms with van der Waals surface area (Å²) >= 11 is 1.62. The Labute approximate surface area is 122 Å². The van der Waals surface area contributed by atoms with Crippen molar-refractivity contribution in [3.8, 4) is 5.75 Å². The van der Waals surface area contributed by atoms with Gasteiger partial charge < -0.3 is 9.84 Å². The van der Waals surface area contributed by atoms with Crippen LogP contribution in [-0.4, -0.2) is 23.9 Å². The Morgan fingerprint density at radius 1 is 1.25 bits per heavy atom. The van der Waals surface area contributed by atoms with Crippen LogP contribution >= 0.6 is 11.8 Å². The molecule has 0 aliphatic heterocycles. The summed E-state index contributed by atoms with van der Waals surface area (Å²) in [5.41, 5.74) is 0.600. The fraction of sp³-hybridized carbons (Fsp3) is 0.188. The van der Waals surface area contributed by atoms with Crippen LogP contribution in [0.15, 0.2) is 52.9 Å². The maximum Gasteiger partial charge on any atom is 0.333 e. The summed E-state index contributed by atoms with van der Waals surface area (Å²) < 4.78 is 4.65. The van der Waals surface area contributed by atoms with Gasteiger partial charge in [-0.15, -0.1) is 11.8 Å². The van der Waals surface area contributed by atoms with Crippen LogP contribution < -0.4 is 0 Å². The first-order valence-corrected chi connectivity index (χ1v) is 7.20. The average Bonchev–Trinajstić information content (AvgIpc) is 2.49. The molecular formula is C16H16O3S. The highest BCUT2D eigenvalue weighted by Gasteiger charge is 2.06. The molecule has 20 heavy (non-hydrogen) atoms. The van der Waals surface area contributed by atoms with Crippen LogP contribution in [0, 0.1) is 0 Å². The number of aromatic hydroxyl groups is 1. The summed E-state index contributed by atoms with van der Waals surface area (Å²) in [5, 5.41) is 11.7. The zero-order valence-corrected chi connectivity index (χ0v) is 12.2. The van der Waals surface area contributed by atoms with Gasteiger partial charge in [0.1, 0.15) is 5.75 Å². The van der Waals surface area contributed by atoms with Gasteiger partial charge >= 0.3 is 5.97 Å². The van der Waals surface area contributed by atoms with Gasteiger partial charge in [-0.05, 0) is 24.4 Å². The molecule has 0 aliphatic carbocycles. The number of phenols is 1. The fourth-order valence-electron chi connectivity index (χ4n) is 1.88. The predicted molar refractivity (Wildman–Crippen MR) is 82.1 cm³/mol. The number of carbonyl (C=O) groups excluding carboxylic acids is 1. The van der Waals surface area contributed by atoms with E-state index in [2.05, 4.69) is 4.74 Å². The minimum atomic E-state index is -0.304. The molecule has 2 aromatic carbocycles. The zero-order chi connectivity index (χ0) is 14.5. The van der Waals surface area contributed by atoms with Crippen molar-refractivity contribution >= 4 is 28.5 Å². The van der Waals surface area contributed by atoms with Gasteiger partial charge in [-0.25, -0.2) is 4.79 Å². The molecule has 1 N–H and O–H groups in total. The molecule has 2 rings (SSSR count). The Morgan fingerprint density at radius 3 is 2.65 bits per heavy atom. The van der Waals surface area contributed by atoms with Crippen molar-refractivity contribution in [3.05, 3.63) is 48.0 Å². The summed E-state index contributed by atoms with van der Waals surface area (Å²) in [4.78, 5) is 12.4. The first-order valence-electron chi connectivity index (χ1n) is 6.22. The lowest BCUT2D eigenvalue weighted by atomic mass is 10.1. The predicted octanol–water partition coefficient (Wildman–Crippen LogP) is 3.76. The monoisotopic (exact) mass is 288 g/mol. The van der Waals surface area contributed by atoms with Crippen molar-refractivity contribution in [2.24, 2.45) is 0 Å². The van der Waals surface area contributed by atoms with Gasteiger partial charge in [0.2, 0.25) is 0 Å². The molecule has 2 aromatic rings. The number of ether oxygens (including phenoxy) is 1. The van der Waals surface area contributed by atoms with Gasteiger partial charge in [-0.2, -0.15) is 0 Å². The van der Waals surface area contributed by atoms with E-state index < -0.39 is 0 Å². The summed E-state index contributed by atoms with van der Waals surface area (Å²) in [5.74, 6) is 0.655. The topological polar surface area (TPSA) is 46.5 Å². The van der Waals surface area contributed by atoms with Crippen LogP contribution in [0.4, 0.5) is 0 Å². The Bertz CT molecular complexity index is 662. The van der Waals surface area contributed by atoms with E-state index in [1.54, 1.807) is 24.8 Å². The molecule has 0 atom stereocenters. The summed E-state index contributed by atoms with van der Waals surface area (Å²) in [7, 11) is 1.38. The first kappa shape index (κ1) is 14.5. The molecule has 0 radical (unpaired) electrons. The Morgan fingerprint density at radius 2 is 1.95 bits per heavy atom. The van der Waals surface area contributed by atoms with E-state index in [4.69, 9.17) is 0 Å². The number of rotatable bonds is 4. The van der Waals surface area contributed by atoms with E-state index in [9.17, 15) is 9.90 Å². The van der Waals surface area contributed by atoms with Crippen molar-refractivity contribution in [3.63, 3.8) is 0 Å². The molecule has 0 saturated carbocycles. The summed E-state index contributed by atoms with van der Waals surface area (Å²) in [6.07, 6.45) is 1.85. The van der Waals surface area contributed by atoms with Crippen LogP contribution in [0.25, 0.3) is 10.8 Å². The lowest BCUT2D eigenvalue weighted by Crippen LogP contribution is -2.01. The highest BCUT2D eigenvalue weighted by molar-refractivity contribution is 7.99. The summed E-state index contributed by atoms with van der Waals surface area (Å²) in [6, 6.07) is 11.3. The van der Waals surface area contributed by atoms with E-state index in [0.717, 1.165) is 15.7 Å². The van der Waals surface area contributed by atoms with Crippen molar-refractivity contribution in [1.29, 1.82) is 0 Å². The number of thioether (sulfide) groups is 1. The van der Waals surface area contributed by atoms with Crippen molar-refractivity contribution in [2.75, 3.05) is 12.9 Å². The van der Waals surface area contributed by atoms with Gasteiger partial charge in [0, 0.05) is 21.6 Å². The van der Waals surface area contributed by atoms with Gasteiger partial charge in [0.15, 0.2) is 0 Å². The van der Waals surface area contributed by atoms with Gasteiger partial charge in [-0.3, -0.25) is 0 Å². The molecule has 104 valence electrons. The lowest BCUT2D eigenvalue weighted by molar-refractivity contribution is -0.136. The molecule has 0 spiro atoms. The normalized spacial score (nSPS) is 11.6. The van der Waals surface area contributed by atoms with Crippen molar-refractivity contribution < 1.29 is 14.6 Å². The number of phenolic OH excluding ortho intramolecular Hbond substituents is 1. The quantitative estimate of drug-likeness (QED) is 0.528. The molecule has 0 bridgehead atoms. The zero-order valence-electron chi connectivity index (χ0n) is 11.4. The highest BCUT2D eigenvalue weighted by atomic mass is 32.2. The third-order valence-electron chi connectivity index (χ3n) is 3.00. The Kier molecular flexibility index (Phi) is 4.69. The summed E-state index contributed by atoms with van der Waals surface area (Å²) in [6.45, 7) is 1.74. The minimum Gasteiger partial charge on any atom is -0.507 e. The third-order valence-corrected chi connectivity index (χ3v) is 4.00. The largest absolute Gasteiger partial charge is 0.507 e. The van der Waals surface area contributed by atoms with Gasteiger partial charge in [0.05, 0.1) is 7.11 Å². The van der Waals surface area contributed by atoms with Crippen LogP contribution in [0.1, 0.15) is 6.92 Å². The molecule has 3 nitrogen and oxygen atoms in total. The molecule has 0 aliphatic rings. The van der Waals surface area contributed by atoms with E-state index in [1.807, 2.05) is 36.4 Å². The number of methoxy groups -OCH3 is 1. The number of hydrogen-bond donors (Lipinski definition) is 1. The molecule has 0 saturated heterocycles. The first-order chi connectivity index (χ1) is 9.63. The second-order valence-electron chi connectivity index (χ2n) is 4.32. The molecular weight excluding hydrogens is 272 g/mol. The number of hydrogen-bond acceptors (Lipinski definition) is 4. The number of carbonyl (C=O) groups is 1. The highest BCUT2D eigenvalue weighted by Crippen LogP contribution is 2.33. The second-order valence-corrected chi connectivity index (χ2v) is 5.38. The van der Waals surface area contributed by atoms with Crippen LogP contribution in [-0.2, 0) is 9.53 Å². The van der Waals surface area contributed by atoms with Crippen molar-refractivity contribution in [1.82, 2.24) is 0 Å². The number of esters is 1. The Balaban J connectivity index is 2.19.